The van der Waals surface area contributed by atoms with E-state index in [2.05, 4.69) is 101 Å². The largest absolute Gasteiger partial charge is 0.392 e. The number of aliphatic hydroxyl groups is 4. The SMILES string of the molecule is CCC1(O)CC2CN(CCc3c([nH]c4ccccc34)[C@@](C)(c3cc4c(cc3C)N(C)C3C45CCN4CC=C[C@](CC)(C45)[C@@H](O)[C@]3(O)C(=O)NC[C@@H](C)O)C2)C1.O=C=O. The van der Waals surface area contributed by atoms with Gasteiger partial charge in [0.05, 0.1) is 17.7 Å². The molecule has 5 aliphatic heterocycles. The zero-order chi connectivity index (χ0) is 41.6. The van der Waals surface area contributed by atoms with Crippen LogP contribution in [0.3, 0.4) is 0 Å². The quantitative estimate of drug-likeness (QED) is 0.204. The molecule has 12 nitrogen and oxygen atoms in total. The van der Waals surface area contributed by atoms with Gasteiger partial charge in [-0.3, -0.25) is 14.6 Å². The van der Waals surface area contributed by atoms with Gasteiger partial charge in [-0.25, -0.2) is 0 Å². The first kappa shape index (κ1) is 40.9. The Labute approximate surface area is 341 Å². The predicted octanol–water partition coefficient (Wildman–Crippen LogP) is 3.31. The molecule has 2 bridgehead atoms. The number of aryl methyl sites for hydroxylation is 1. The fraction of sp³-hybridized carbons (Fsp3) is 0.609. The summed E-state index contributed by atoms with van der Waals surface area (Å²) in [7, 11) is 1.98. The molecule has 58 heavy (non-hydrogen) atoms. The van der Waals surface area contributed by atoms with Gasteiger partial charge in [0.25, 0.3) is 5.91 Å². The van der Waals surface area contributed by atoms with Crippen molar-refractivity contribution in [2.24, 2.45) is 11.3 Å². The van der Waals surface area contributed by atoms with E-state index in [0.717, 1.165) is 80.6 Å². The summed E-state index contributed by atoms with van der Waals surface area (Å²) in [5.41, 5.74) is 3.37. The van der Waals surface area contributed by atoms with Crippen molar-refractivity contribution in [1.82, 2.24) is 20.1 Å². The minimum absolute atomic E-state index is 0.0189. The molecule has 1 aliphatic carbocycles. The van der Waals surface area contributed by atoms with Crippen molar-refractivity contribution < 1.29 is 34.8 Å². The first-order chi connectivity index (χ1) is 27.6. The molecule has 6 unspecified atom stereocenters. The van der Waals surface area contributed by atoms with Crippen molar-refractivity contribution in [1.29, 1.82) is 0 Å². The third kappa shape index (κ3) is 5.66. The number of aromatic amines is 1. The maximum absolute atomic E-state index is 14.5. The normalized spacial score (nSPS) is 37.8. The standard InChI is InChI=1S/C45H61N5O5.CO2/c1-7-42(54)23-29-22-41(5,36-31(14-18-49(25-29)26-42)30-12-9-10-13-34(30)47-36)32-21-33-35(20-27(32)3)48(6)38-44(33)16-19-50-17-11-15-43(8-2,37(44)50)39(52)45(38,55)40(53)46-24-28(4)51;2-1-3/h9-13,15,20-21,28-29,37-39,47,51-52,54-55H,7-8,14,16-19,22-26H2,1-6H3,(H,46,53);/t28-,29?,37?,38?,39-,41-,42?,43-,44?,45+;/m1./s1. The number of fused-ring (bicyclic) bond motifs is 6. The lowest BCUT2D eigenvalue weighted by atomic mass is 9.47. The Kier molecular flexibility index (Phi) is 10.2. The smallest absolute Gasteiger partial charge is 0.373 e. The second kappa shape index (κ2) is 14.4. The monoisotopic (exact) mass is 795 g/mol. The van der Waals surface area contributed by atoms with Crippen molar-refractivity contribution >= 4 is 28.6 Å². The molecule has 12 heteroatoms. The third-order valence-electron chi connectivity index (χ3n) is 15.6. The van der Waals surface area contributed by atoms with E-state index in [1.54, 1.807) is 6.92 Å². The fourth-order valence-corrected chi connectivity index (χ4v) is 13.4. The Morgan fingerprint density at radius 2 is 1.81 bits per heavy atom. The molecule has 1 spiro atoms. The predicted molar refractivity (Wildman–Crippen MR) is 220 cm³/mol. The average molecular weight is 796 g/mol. The molecular weight excluding hydrogens is 735 g/mol. The van der Waals surface area contributed by atoms with E-state index in [9.17, 15) is 25.2 Å². The van der Waals surface area contributed by atoms with E-state index in [1.165, 1.54) is 22.2 Å². The Bertz CT molecular complexity index is 2160. The van der Waals surface area contributed by atoms with Crippen LogP contribution >= 0.6 is 0 Å². The number of anilines is 1. The van der Waals surface area contributed by atoms with Crippen molar-refractivity contribution in [3.8, 4) is 0 Å². The molecule has 2 saturated heterocycles. The van der Waals surface area contributed by atoms with Crippen LogP contribution in [-0.2, 0) is 31.6 Å². The number of aliphatic hydroxyl groups excluding tert-OH is 2. The number of aromatic nitrogens is 1. The molecule has 2 aromatic carbocycles. The second-order valence-electron chi connectivity index (χ2n) is 18.8. The van der Waals surface area contributed by atoms with Crippen LogP contribution in [-0.4, -0.2) is 129 Å². The number of hydrogen-bond acceptors (Lipinski definition) is 10. The van der Waals surface area contributed by atoms with E-state index in [1.807, 2.05) is 7.05 Å². The lowest BCUT2D eigenvalue weighted by Gasteiger charge is -2.63. The Hall–Kier alpha value is -3.87. The van der Waals surface area contributed by atoms with Gasteiger partial charge in [0.1, 0.15) is 6.10 Å². The van der Waals surface area contributed by atoms with Crippen LogP contribution in [0.15, 0.2) is 48.6 Å². The maximum atomic E-state index is 14.5. The number of likely N-dealkylation sites (N-methyl/N-ethyl adjacent to an activating group) is 1. The van der Waals surface area contributed by atoms with Gasteiger partial charge in [-0.2, -0.15) is 9.59 Å². The summed E-state index contributed by atoms with van der Waals surface area (Å²) >= 11 is 0. The molecule has 3 aromatic rings. The van der Waals surface area contributed by atoms with Crippen molar-refractivity contribution in [2.45, 2.75) is 119 Å². The van der Waals surface area contributed by atoms with Crippen LogP contribution in [0.1, 0.15) is 87.7 Å². The van der Waals surface area contributed by atoms with Crippen LogP contribution in [0.2, 0.25) is 0 Å². The number of piperidine rings is 1. The summed E-state index contributed by atoms with van der Waals surface area (Å²) in [5.74, 6) is -0.366. The molecule has 0 radical (unpaired) electrons. The van der Waals surface area contributed by atoms with Crippen LogP contribution in [0.5, 0.6) is 0 Å². The van der Waals surface area contributed by atoms with Crippen LogP contribution < -0.4 is 10.2 Å². The Morgan fingerprint density at radius 3 is 2.52 bits per heavy atom. The Balaban J connectivity index is 0.00000152. The van der Waals surface area contributed by atoms with Crippen LogP contribution in [0.4, 0.5) is 5.69 Å². The molecular formula is C46H61N5O7. The zero-order valence-corrected chi connectivity index (χ0v) is 34.8. The number of rotatable bonds is 6. The summed E-state index contributed by atoms with van der Waals surface area (Å²) in [6.07, 6.45) is 6.81. The number of benzene rings is 2. The first-order valence-corrected chi connectivity index (χ1v) is 21.3. The molecule has 1 amide bonds. The Morgan fingerprint density at radius 1 is 1.07 bits per heavy atom. The van der Waals surface area contributed by atoms with Crippen molar-refractivity contribution in [3.63, 3.8) is 0 Å². The summed E-state index contributed by atoms with van der Waals surface area (Å²) < 4.78 is 0. The van der Waals surface area contributed by atoms with Gasteiger partial charge in [0.15, 0.2) is 5.60 Å². The van der Waals surface area contributed by atoms with E-state index < -0.39 is 51.6 Å². The number of para-hydroxylation sites is 1. The van der Waals surface area contributed by atoms with E-state index in [4.69, 9.17) is 9.59 Å². The molecule has 9 rings (SSSR count). The van der Waals surface area contributed by atoms with Gasteiger partial charge < -0.3 is 35.6 Å². The van der Waals surface area contributed by atoms with Crippen LogP contribution in [0, 0.1) is 18.3 Å². The maximum Gasteiger partial charge on any atom is 0.373 e. The number of nitrogens with one attached hydrogen (secondary N) is 2. The fourth-order valence-electron chi connectivity index (χ4n) is 13.4. The van der Waals surface area contributed by atoms with E-state index in [0.29, 0.717) is 13.0 Å². The van der Waals surface area contributed by atoms with Gasteiger partial charge in [0, 0.05) is 84.3 Å². The lowest BCUT2D eigenvalue weighted by Crippen LogP contribution is -2.81. The number of hydrogen-bond donors (Lipinski definition) is 6. The molecule has 312 valence electrons. The van der Waals surface area contributed by atoms with Crippen molar-refractivity contribution in [2.75, 3.05) is 51.2 Å². The number of carbonyl (C=O) groups excluding carboxylic acids is 3. The minimum atomic E-state index is -2.16. The average Bonchev–Trinajstić information content (AvgIpc) is 3.85. The van der Waals surface area contributed by atoms with E-state index in [-0.39, 0.29) is 24.7 Å². The molecule has 6 N–H and O–H groups in total. The molecule has 6 aliphatic rings. The number of H-pyrrole nitrogens is 1. The van der Waals surface area contributed by atoms with Gasteiger partial charge in [-0.1, -0.05) is 50.3 Å². The van der Waals surface area contributed by atoms with Gasteiger partial charge in [-0.05, 0) is 106 Å². The number of amides is 1. The molecule has 1 saturated carbocycles. The molecule has 1 aromatic heterocycles. The molecule has 3 fully saturated rings. The molecule has 6 heterocycles. The number of nitrogens with zero attached hydrogens (tertiary/aromatic N) is 3. The van der Waals surface area contributed by atoms with Crippen LogP contribution in [0.25, 0.3) is 10.9 Å². The third-order valence-corrected chi connectivity index (χ3v) is 15.6. The highest BCUT2D eigenvalue weighted by Gasteiger charge is 2.78. The lowest BCUT2D eigenvalue weighted by molar-refractivity contribution is -0.203. The van der Waals surface area contributed by atoms with Gasteiger partial charge >= 0.3 is 6.15 Å². The summed E-state index contributed by atoms with van der Waals surface area (Å²) in [6.45, 7) is 14.5. The van der Waals surface area contributed by atoms with Crippen molar-refractivity contribution in [3.05, 3.63) is 76.5 Å². The topological polar surface area (TPSA) is 170 Å². The van der Waals surface area contributed by atoms with Gasteiger partial charge in [0.2, 0.25) is 0 Å². The minimum Gasteiger partial charge on any atom is -0.392 e. The highest BCUT2D eigenvalue weighted by atomic mass is 16.4. The zero-order valence-electron chi connectivity index (χ0n) is 34.8. The first-order valence-electron chi connectivity index (χ1n) is 21.3. The highest BCUT2D eigenvalue weighted by Crippen LogP contribution is 2.67. The van der Waals surface area contributed by atoms with E-state index >= 15 is 0 Å². The summed E-state index contributed by atoms with van der Waals surface area (Å²) in [6, 6.07) is 12.5. The summed E-state index contributed by atoms with van der Waals surface area (Å²) in [5, 5.41) is 51.9. The summed E-state index contributed by atoms with van der Waals surface area (Å²) in [4.78, 5) is 41.8. The second-order valence-corrected chi connectivity index (χ2v) is 18.8. The number of carbonyl (C=O) groups is 1. The highest BCUT2D eigenvalue weighted by molar-refractivity contribution is 5.90. The molecule has 11 atom stereocenters. The van der Waals surface area contributed by atoms with Gasteiger partial charge in [-0.15, -0.1) is 0 Å².